The van der Waals surface area contributed by atoms with Crippen LogP contribution in [0.5, 0.6) is 0 Å². The molecular weight excluding hydrogens is 140 g/mol. The summed E-state index contributed by atoms with van der Waals surface area (Å²) in [7, 11) is 0. The Morgan fingerprint density at radius 2 is 2.09 bits per heavy atom. The normalized spacial score (nSPS) is 12.0. The maximum atomic E-state index is 10.8. The molecule has 0 aliphatic carbocycles. The van der Waals surface area contributed by atoms with Crippen LogP contribution in [-0.4, -0.2) is 12.1 Å². The van der Waals surface area contributed by atoms with E-state index in [4.69, 9.17) is 4.74 Å². The largest absolute Gasteiger partial charge is 0.458 e. The van der Waals surface area contributed by atoms with Crippen LogP contribution >= 0.6 is 0 Å². The number of esters is 1. The quantitative estimate of drug-likeness (QED) is 0.463. The molecule has 0 bridgehead atoms. The van der Waals surface area contributed by atoms with E-state index in [0.717, 1.165) is 0 Å². The minimum Gasteiger partial charge on any atom is -0.458 e. The van der Waals surface area contributed by atoms with Crippen molar-refractivity contribution in [2.75, 3.05) is 0 Å². The number of rotatable bonds is 3. The van der Waals surface area contributed by atoms with Gasteiger partial charge in [-0.05, 0) is 26.8 Å². The van der Waals surface area contributed by atoms with Crippen LogP contribution in [0.4, 0.5) is 0 Å². The zero-order valence-corrected chi connectivity index (χ0v) is 7.68. The van der Waals surface area contributed by atoms with E-state index in [2.05, 4.69) is 0 Å². The summed E-state index contributed by atoms with van der Waals surface area (Å²) >= 11 is 0. The predicted molar refractivity (Wildman–Crippen MR) is 45.3 cm³/mol. The molecule has 0 amide bonds. The van der Waals surface area contributed by atoms with E-state index >= 15 is 0 Å². The zero-order valence-electron chi connectivity index (χ0n) is 7.68. The average molecular weight is 156 g/mol. The van der Waals surface area contributed by atoms with Crippen molar-refractivity contribution in [2.45, 2.75) is 40.2 Å². The van der Waals surface area contributed by atoms with Gasteiger partial charge in [0.05, 0.1) is 0 Å². The van der Waals surface area contributed by atoms with Crippen LogP contribution < -0.4 is 0 Å². The number of hydrogen-bond acceptors (Lipinski definition) is 2. The van der Waals surface area contributed by atoms with E-state index in [0.29, 0.717) is 6.42 Å². The maximum Gasteiger partial charge on any atom is 0.306 e. The molecule has 2 heteroatoms. The van der Waals surface area contributed by atoms with Crippen molar-refractivity contribution >= 4 is 5.97 Å². The molecule has 2 nitrogen and oxygen atoms in total. The van der Waals surface area contributed by atoms with Crippen molar-refractivity contribution in [1.29, 1.82) is 0 Å². The molecule has 0 radical (unpaired) electrons. The van der Waals surface area contributed by atoms with Crippen LogP contribution in [0.15, 0.2) is 11.6 Å². The second-order valence-corrected chi connectivity index (χ2v) is 2.79. The number of ether oxygens (including phenoxy) is 1. The fourth-order valence-electron chi connectivity index (χ4n) is 0.794. The summed E-state index contributed by atoms with van der Waals surface area (Å²) in [5.41, 5.74) is 1.17. The van der Waals surface area contributed by atoms with Gasteiger partial charge in [-0.15, -0.1) is 0 Å². The molecule has 0 heterocycles. The Kier molecular flexibility index (Phi) is 4.59. The van der Waals surface area contributed by atoms with Crippen molar-refractivity contribution in [2.24, 2.45) is 0 Å². The minimum atomic E-state index is -0.144. The van der Waals surface area contributed by atoms with Gasteiger partial charge in [0.2, 0.25) is 0 Å². The summed E-state index contributed by atoms with van der Waals surface area (Å²) in [6.07, 6.45) is 2.28. The van der Waals surface area contributed by atoms with E-state index < -0.39 is 0 Å². The van der Waals surface area contributed by atoms with Gasteiger partial charge >= 0.3 is 5.97 Å². The summed E-state index contributed by atoms with van der Waals surface area (Å²) in [4.78, 5) is 10.8. The van der Waals surface area contributed by atoms with Crippen LogP contribution in [0, 0.1) is 0 Å². The molecule has 0 fully saturated rings. The highest BCUT2D eigenvalue weighted by Crippen LogP contribution is 1.99. The molecule has 64 valence electrons. The van der Waals surface area contributed by atoms with Crippen molar-refractivity contribution in [3.8, 4) is 0 Å². The first kappa shape index (κ1) is 10.2. The van der Waals surface area contributed by atoms with Gasteiger partial charge in [0, 0.05) is 6.42 Å². The predicted octanol–water partition coefficient (Wildman–Crippen LogP) is 2.29. The third kappa shape index (κ3) is 5.64. The van der Waals surface area contributed by atoms with E-state index in [1.54, 1.807) is 6.92 Å². The smallest absolute Gasteiger partial charge is 0.306 e. The minimum absolute atomic E-state index is 0.0903. The van der Waals surface area contributed by atoms with Crippen molar-refractivity contribution in [3.05, 3.63) is 11.6 Å². The summed E-state index contributed by atoms with van der Waals surface area (Å²) in [6.45, 7) is 7.62. The number of hydrogen-bond donors (Lipinski definition) is 0. The molecule has 11 heavy (non-hydrogen) atoms. The zero-order chi connectivity index (χ0) is 8.85. The number of carbonyl (C=O) groups excluding carboxylic acids is 1. The first-order valence-electron chi connectivity index (χ1n) is 3.90. The molecule has 0 aromatic carbocycles. The lowest BCUT2D eigenvalue weighted by molar-refractivity contribution is -0.145. The van der Waals surface area contributed by atoms with Crippen LogP contribution in [0.1, 0.15) is 34.1 Å². The molecule has 0 aromatic rings. The molecule has 1 atom stereocenters. The monoisotopic (exact) mass is 156 g/mol. The van der Waals surface area contributed by atoms with Gasteiger partial charge < -0.3 is 4.74 Å². The lowest BCUT2D eigenvalue weighted by atomic mass is 10.2. The van der Waals surface area contributed by atoms with E-state index in [1.165, 1.54) is 5.57 Å². The first-order chi connectivity index (χ1) is 5.06. The Bertz CT molecular complexity index is 155. The topological polar surface area (TPSA) is 26.3 Å². The van der Waals surface area contributed by atoms with E-state index in [-0.39, 0.29) is 12.1 Å². The van der Waals surface area contributed by atoms with Crippen molar-refractivity contribution in [1.82, 2.24) is 0 Å². The maximum absolute atomic E-state index is 10.8. The second kappa shape index (κ2) is 4.94. The van der Waals surface area contributed by atoms with Gasteiger partial charge in [0.25, 0.3) is 0 Å². The fourth-order valence-corrected chi connectivity index (χ4v) is 0.794. The highest BCUT2D eigenvalue weighted by atomic mass is 16.5. The first-order valence-corrected chi connectivity index (χ1v) is 3.90. The molecule has 0 saturated heterocycles. The molecule has 0 aliphatic heterocycles. The molecule has 0 aliphatic rings. The van der Waals surface area contributed by atoms with Crippen LogP contribution in [-0.2, 0) is 9.53 Å². The van der Waals surface area contributed by atoms with Crippen molar-refractivity contribution in [3.63, 3.8) is 0 Å². The molecule has 1 unspecified atom stereocenters. The summed E-state index contributed by atoms with van der Waals surface area (Å²) < 4.78 is 5.00. The Balaban J connectivity index is 3.78. The molecule has 0 rings (SSSR count). The summed E-state index contributed by atoms with van der Waals surface area (Å²) in [5.74, 6) is -0.144. The Labute approximate surface area is 68.2 Å². The highest BCUT2D eigenvalue weighted by Gasteiger charge is 2.02. The third-order valence-electron chi connectivity index (χ3n) is 1.17. The van der Waals surface area contributed by atoms with Gasteiger partial charge in [0.1, 0.15) is 6.10 Å². The number of carbonyl (C=O) groups is 1. The summed E-state index contributed by atoms with van der Waals surface area (Å²) in [6, 6.07) is 0. The molecule has 0 aromatic heterocycles. The lowest BCUT2D eigenvalue weighted by Gasteiger charge is -2.07. The Hall–Kier alpha value is -0.790. The molecule has 0 saturated carbocycles. The van der Waals surface area contributed by atoms with Gasteiger partial charge in [-0.3, -0.25) is 4.79 Å². The van der Waals surface area contributed by atoms with Crippen LogP contribution in [0.2, 0.25) is 0 Å². The molecule has 0 spiro atoms. The standard InChI is InChI=1S/C9H16O2/c1-5-9(10)11-8(4)6-7(2)3/h6,8H,5H2,1-4H3. The number of allylic oxidation sites excluding steroid dienone is 1. The van der Waals surface area contributed by atoms with Crippen LogP contribution in [0.3, 0.4) is 0 Å². The van der Waals surface area contributed by atoms with E-state index in [1.807, 2.05) is 26.8 Å². The van der Waals surface area contributed by atoms with Gasteiger partial charge in [-0.25, -0.2) is 0 Å². The van der Waals surface area contributed by atoms with Gasteiger partial charge in [-0.2, -0.15) is 0 Å². The van der Waals surface area contributed by atoms with E-state index in [9.17, 15) is 4.79 Å². The molecule has 0 N–H and O–H groups in total. The fraction of sp³-hybridized carbons (Fsp3) is 0.667. The van der Waals surface area contributed by atoms with Gasteiger partial charge in [-0.1, -0.05) is 12.5 Å². The third-order valence-corrected chi connectivity index (χ3v) is 1.17. The SMILES string of the molecule is CCC(=O)OC(C)C=C(C)C. The summed E-state index contributed by atoms with van der Waals surface area (Å²) in [5, 5.41) is 0. The van der Waals surface area contributed by atoms with Crippen LogP contribution in [0.25, 0.3) is 0 Å². The lowest BCUT2D eigenvalue weighted by Crippen LogP contribution is -2.11. The molecular formula is C9H16O2. The van der Waals surface area contributed by atoms with Gasteiger partial charge in [0.15, 0.2) is 0 Å². The second-order valence-electron chi connectivity index (χ2n) is 2.79. The Morgan fingerprint density at radius 1 is 1.55 bits per heavy atom. The van der Waals surface area contributed by atoms with Crippen molar-refractivity contribution < 1.29 is 9.53 Å². The highest BCUT2D eigenvalue weighted by molar-refractivity contribution is 5.69. The Morgan fingerprint density at radius 3 is 2.45 bits per heavy atom. The average Bonchev–Trinajstić information content (AvgIpc) is 1.85.